The Morgan fingerprint density at radius 3 is 0.400 bits per heavy atom. The maximum absolute atomic E-state index is 0. The van der Waals surface area contributed by atoms with E-state index in [-0.39, 0.29) is 53.5 Å². The van der Waals surface area contributed by atoms with Gasteiger partial charge in [0.15, 0.2) is 0 Å². The molecule has 0 amide bonds. The predicted octanol–water partition coefficient (Wildman–Crippen LogP) is -0.361. The van der Waals surface area contributed by atoms with Crippen molar-refractivity contribution in [2.45, 2.75) is 0 Å². The minimum absolute atomic E-state index is 0. The summed E-state index contributed by atoms with van der Waals surface area (Å²) in [6, 6.07) is 0. The molecule has 0 bridgehead atoms. The maximum atomic E-state index is 0. The van der Waals surface area contributed by atoms with Crippen LogP contribution in [-0.4, -0.2) is 0 Å². The minimum atomic E-state index is 0. The van der Waals surface area contributed by atoms with Crippen molar-refractivity contribution in [1.29, 1.82) is 0 Å². The molecule has 0 spiro atoms. The smallest absolute Gasteiger partial charge is 0 e. The van der Waals surface area contributed by atoms with E-state index in [4.69, 9.17) is 0 Å². The van der Waals surface area contributed by atoms with Gasteiger partial charge in [0.1, 0.15) is 0 Å². The van der Waals surface area contributed by atoms with E-state index in [1.54, 1.807) is 0 Å². The van der Waals surface area contributed by atoms with Gasteiger partial charge >= 0.3 is 0 Å². The van der Waals surface area contributed by atoms with Gasteiger partial charge in [0, 0.05) is 37.1 Å². The third-order valence-corrected chi connectivity index (χ3v) is 0. The fourth-order valence-electron chi connectivity index (χ4n) is 0. The molecule has 0 aromatic rings. The fourth-order valence-corrected chi connectivity index (χ4v) is 0. The van der Waals surface area contributed by atoms with Crippen molar-refractivity contribution in [2.75, 3.05) is 0 Å². The molecule has 0 aliphatic carbocycles. The van der Waals surface area contributed by atoms with E-state index in [9.17, 15) is 0 Å². The normalized spacial score (nSPS) is 0. The summed E-state index contributed by atoms with van der Waals surface area (Å²) in [6.45, 7) is 0. The van der Waals surface area contributed by atoms with E-state index in [0.29, 0.717) is 0 Å². The predicted molar refractivity (Wildman–Crippen MR) is 2.06 cm³/mol. The van der Waals surface area contributed by atoms with Crippen molar-refractivity contribution in [3.63, 3.8) is 0 Å². The molecule has 0 saturated carbocycles. The van der Waals surface area contributed by atoms with Gasteiger partial charge in [-0.05, 0) is 0 Å². The molecular formula is O3V2-6. The van der Waals surface area contributed by atoms with Crippen LogP contribution in [0.2, 0.25) is 0 Å². The van der Waals surface area contributed by atoms with Crippen LogP contribution in [0.5, 0.6) is 0 Å². The van der Waals surface area contributed by atoms with Crippen LogP contribution < -0.4 is 0 Å². The average molecular weight is 150 g/mol. The van der Waals surface area contributed by atoms with Crippen molar-refractivity contribution in [2.24, 2.45) is 0 Å². The van der Waals surface area contributed by atoms with Gasteiger partial charge in [-0.3, -0.25) is 0 Å². The number of rotatable bonds is 0. The Morgan fingerprint density at radius 2 is 0.400 bits per heavy atom. The van der Waals surface area contributed by atoms with Crippen LogP contribution in [-0.2, 0) is 53.5 Å². The Hall–Kier alpha value is 1.05. The Kier molecular flexibility index (Phi) is 2110. The second-order valence-corrected chi connectivity index (χ2v) is 0. The second-order valence-electron chi connectivity index (χ2n) is 0. The first kappa shape index (κ1) is 140. The van der Waals surface area contributed by atoms with Gasteiger partial charge in [-0.2, -0.15) is 0 Å². The van der Waals surface area contributed by atoms with Crippen LogP contribution in [0.25, 0.3) is 0 Å². The first-order valence-electron chi connectivity index (χ1n) is 0. The maximum Gasteiger partial charge on any atom is 0 e. The fraction of sp³-hybridized carbons (Fsp3) is 0. The van der Waals surface area contributed by atoms with Crippen molar-refractivity contribution in [3.8, 4) is 0 Å². The molecule has 0 aliphatic rings. The van der Waals surface area contributed by atoms with E-state index in [1.807, 2.05) is 0 Å². The Morgan fingerprint density at radius 1 is 0.400 bits per heavy atom. The summed E-state index contributed by atoms with van der Waals surface area (Å²) >= 11 is 0. The van der Waals surface area contributed by atoms with Crippen LogP contribution in [0.15, 0.2) is 0 Å². The first-order chi connectivity index (χ1) is 0. The molecule has 2 radical (unpaired) electrons. The summed E-state index contributed by atoms with van der Waals surface area (Å²) in [5, 5.41) is 0. The van der Waals surface area contributed by atoms with Crippen molar-refractivity contribution < 1.29 is 53.5 Å². The molecular weight excluding hydrogens is 150 g/mol. The molecule has 34 valence electrons. The SMILES string of the molecule is [O-2].[O-2].[O-2].[V].[V]. The van der Waals surface area contributed by atoms with E-state index >= 15 is 0 Å². The van der Waals surface area contributed by atoms with Crippen LogP contribution in [0.3, 0.4) is 0 Å². The molecule has 0 atom stereocenters. The van der Waals surface area contributed by atoms with Crippen LogP contribution in [0, 0.1) is 0 Å². The van der Waals surface area contributed by atoms with Gasteiger partial charge < -0.3 is 16.4 Å². The Bertz CT molecular complexity index is 4.85. The third-order valence-electron chi connectivity index (χ3n) is 0. The van der Waals surface area contributed by atoms with Gasteiger partial charge in [-0.1, -0.05) is 0 Å². The third kappa shape index (κ3) is 42.7. The summed E-state index contributed by atoms with van der Waals surface area (Å²) in [5.74, 6) is 0. The van der Waals surface area contributed by atoms with E-state index in [2.05, 4.69) is 0 Å². The van der Waals surface area contributed by atoms with Gasteiger partial charge in [-0.15, -0.1) is 0 Å². The van der Waals surface area contributed by atoms with Gasteiger partial charge in [-0.25, -0.2) is 0 Å². The largest absolute Gasteiger partial charge is 2.00 e. The Labute approximate surface area is 53.8 Å². The monoisotopic (exact) mass is 150 g/mol. The zero-order chi connectivity index (χ0) is 0. The van der Waals surface area contributed by atoms with Gasteiger partial charge in [0.05, 0.1) is 0 Å². The molecule has 0 aliphatic heterocycles. The van der Waals surface area contributed by atoms with Gasteiger partial charge in [0.2, 0.25) is 0 Å². The average Bonchev–Trinajstić information content (AvgIpc) is 0. The molecule has 0 unspecified atom stereocenters. The molecule has 0 N–H and O–H groups in total. The zero-order valence-corrected chi connectivity index (χ0v) is 4.91. The van der Waals surface area contributed by atoms with Gasteiger partial charge in [0.25, 0.3) is 0 Å². The first-order valence-corrected chi connectivity index (χ1v) is 0. The number of hydrogen-bond donors (Lipinski definition) is 0. The standard InChI is InChI=1S/3O.2V/q3*-2;;. The van der Waals surface area contributed by atoms with E-state index in [0.717, 1.165) is 0 Å². The van der Waals surface area contributed by atoms with Crippen molar-refractivity contribution in [1.82, 2.24) is 0 Å². The van der Waals surface area contributed by atoms with Crippen LogP contribution in [0.1, 0.15) is 0 Å². The number of hydrogen-bond acceptors (Lipinski definition) is 0. The molecule has 5 heavy (non-hydrogen) atoms. The molecule has 0 aromatic heterocycles. The zero-order valence-electron chi connectivity index (χ0n) is 2.12. The second kappa shape index (κ2) is 75.2. The van der Waals surface area contributed by atoms with Crippen LogP contribution in [0.4, 0.5) is 0 Å². The minimum Gasteiger partial charge on any atom is -2.00 e. The summed E-state index contributed by atoms with van der Waals surface area (Å²) in [7, 11) is 0. The Balaban J connectivity index is 0. The van der Waals surface area contributed by atoms with Crippen molar-refractivity contribution in [3.05, 3.63) is 0 Å². The van der Waals surface area contributed by atoms with Crippen molar-refractivity contribution >= 4 is 0 Å². The van der Waals surface area contributed by atoms with Crippen LogP contribution >= 0.6 is 0 Å². The molecule has 0 saturated heterocycles. The summed E-state index contributed by atoms with van der Waals surface area (Å²) < 4.78 is 0. The molecule has 5 heteroatoms. The summed E-state index contributed by atoms with van der Waals surface area (Å²) in [5.41, 5.74) is 0. The summed E-state index contributed by atoms with van der Waals surface area (Å²) in [6.07, 6.45) is 0. The quantitative estimate of drug-likeness (QED) is 0.451. The molecule has 0 fully saturated rings. The molecule has 0 aromatic carbocycles. The summed E-state index contributed by atoms with van der Waals surface area (Å²) in [4.78, 5) is 0. The molecule has 3 nitrogen and oxygen atoms in total. The van der Waals surface area contributed by atoms with E-state index in [1.165, 1.54) is 0 Å². The topological polar surface area (TPSA) is 85.5 Å². The molecule has 0 heterocycles. The van der Waals surface area contributed by atoms with E-state index < -0.39 is 0 Å². The molecule has 0 rings (SSSR count).